The fourth-order valence-electron chi connectivity index (χ4n) is 4.18. The number of nitrogens with one attached hydrogen (secondary N) is 1. The van der Waals surface area contributed by atoms with E-state index in [1.807, 2.05) is 23.1 Å². The van der Waals surface area contributed by atoms with Crippen molar-refractivity contribution in [3.8, 4) is 0 Å². The number of rotatable bonds is 6. The zero-order valence-corrected chi connectivity index (χ0v) is 17.2. The van der Waals surface area contributed by atoms with E-state index in [1.54, 1.807) is 0 Å². The number of amides is 2. The SMILES string of the molecule is CCCN(c1ccccc1)C1CN(C(=O)NC(C)c2cccc3ccccc23)C1. The van der Waals surface area contributed by atoms with Gasteiger partial charge in [0.1, 0.15) is 0 Å². The molecule has 1 aliphatic heterocycles. The Morgan fingerprint density at radius 2 is 1.72 bits per heavy atom. The number of nitrogens with zero attached hydrogens (tertiary/aromatic N) is 2. The maximum Gasteiger partial charge on any atom is 0.318 e. The summed E-state index contributed by atoms with van der Waals surface area (Å²) in [6, 6.07) is 25.5. The minimum absolute atomic E-state index is 0.0196. The fraction of sp³-hybridized carbons (Fsp3) is 0.320. The molecule has 3 aromatic rings. The highest BCUT2D eigenvalue weighted by Crippen LogP contribution is 2.26. The first-order chi connectivity index (χ1) is 14.2. The molecule has 2 amide bonds. The molecule has 0 bridgehead atoms. The van der Waals surface area contributed by atoms with E-state index in [1.165, 1.54) is 16.5 Å². The molecule has 1 aliphatic rings. The molecular weight excluding hydrogens is 358 g/mol. The van der Waals surface area contributed by atoms with E-state index in [9.17, 15) is 4.79 Å². The number of para-hydroxylation sites is 1. The van der Waals surface area contributed by atoms with Gasteiger partial charge in [-0.3, -0.25) is 0 Å². The molecule has 1 saturated heterocycles. The molecule has 4 nitrogen and oxygen atoms in total. The van der Waals surface area contributed by atoms with Gasteiger partial charge in [-0.15, -0.1) is 0 Å². The molecular formula is C25H29N3O. The highest BCUT2D eigenvalue weighted by atomic mass is 16.2. The van der Waals surface area contributed by atoms with Crippen LogP contribution in [0.25, 0.3) is 10.8 Å². The summed E-state index contributed by atoms with van der Waals surface area (Å²) in [7, 11) is 0. The largest absolute Gasteiger partial charge is 0.365 e. The van der Waals surface area contributed by atoms with Crippen molar-refractivity contribution in [3.63, 3.8) is 0 Å². The summed E-state index contributed by atoms with van der Waals surface area (Å²) in [5.74, 6) is 0. The number of urea groups is 1. The lowest BCUT2D eigenvalue weighted by Gasteiger charge is -2.46. The Bertz CT molecular complexity index is 961. The zero-order valence-electron chi connectivity index (χ0n) is 17.2. The van der Waals surface area contributed by atoms with Crippen molar-refractivity contribution >= 4 is 22.5 Å². The molecule has 29 heavy (non-hydrogen) atoms. The van der Waals surface area contributed by atoms with E-state index in [4.69, 9.17) is 0 Å². The topological polar surface area (TPSA) is 35.6 Å². The average molecular weight is 388 g/mol. The summed E-state index contributed by atoms with van der Waals surface area (Å²) >= 11 is 0. The Labute approximate surface area is 173 Å². The summed E-state index contributed by atoms with van der Waals surface area (Å²) in [6.07, 6.45) is 1.09. The standard InChI is InChI=1S/C25H29N3O/c1-3-16-28(21-12-5-4-6-13-21)22-17-27(18-22)25(29)26-19(2)23-15-9-11-20-10-7-8-14-24(20)23/h4-15,19,22H,3,16-18H2,1-2H3,(H,26,29). The van der Waals surface area contributed by atoms with Crippen LogP contribution in [0.15, 0.2) is 72.8 Å². The van der Waals surface area contributed by atoms with Crippen molar-refractivity contribution < 1.29 is 4.79 Å². The summed E-state index contributed by atoms with van der Waals surface area (Å²) in [5, 5.41) is 5.59. The van der Waals surface area contributed by atoms with Crippen LogP contribution in [0.3, 0.4) is 0 Å². The molecule has 0 saturated carbocycles. The van der Waals surface area contributed by atoms with E-state index >= 15 is 0 Å². The predicted molar refractivity (Wildman–Crippen MR) is 120 cm³/mol. The normalized spacial score (nSPS) is 15.0. The minimum atomic E-state index is -0.0338. The quantitative estimate of drug-likeness (QED) is 0.630. The van der Waals surface area contributed by atoms with Crippen LogP contribution in [0, 0.1) is 0 Å². The first kappa shape index (κ1) is 19.3. The summed E-state index contributed by atoms with van der Waals surface area (Å²) in [4.78, 5) is 17.1. The molecule has 4 heteroatoms. The van der Waals surface area contributed by atoms with E-state index in [0.717, 1.165) is 31.6 Å². The lowest BCUT2D eigenvalue weighted by molar-refractivity contribution is 0.146. The van der Waals surface area contributed by atoms with Crippen LogP contribution in [0.2, 0.25) is 0 Å². The lowest BCUT2D eigenvalue weighted by Crippen LogP contribution is -2.63. The maximum atomic E-state index is 12.8. The number of benzene rings is 3. The Morgan fingerprint density at radius 1 is 1.03 bits per heavy atom. The van der Waals surface area contributed by atoms with Gasteiger partial charge >= 0.3 is 6.03 Å². The second kappa shape index (κ2) is 8.56. The monoisotopic (exact) mass is 387 g/mol. The zero-order chi connectivity index (χ0) is 20.2. The fourth-order valence-corrected chi connectivity index (χ4v) is 4.18. The van der Waals surface area contributed by atoms with Gasteiger partial charge in [-0.25, -0.2) is 4.79 Å². The number of carbonyl (C=O) groups is 1. The Kier molecular flexibility index (Phi) is 5.70. The Balaban J connectivity index is 1.39. The molecule has 1 heterocycles. The van der Waals surface area contributed by atoms with Crippen LogP contribution in [0.5, 0.6) is 0 Å². The van der Waals surface area contributed by atoms with Gasteiger partial charge in [-0.05, 0) is 41.8 Å². The molecule has 3 aromatic carbocycles. The highest BCUT2D eigenvalue weighted by molar-refractivity contribution is 5.86. The van der Waals surface area contributed by atoms with Gasteiger partial charge in [-0.2, -0.15) is 0 Å². The first-order valence-electron chi connectivity index (χ1n) is 10.5. The van der Waals surface area contributed by atoms with Gasteiger partial charge < -0.3 is 15.1 Å². The Hall–Kier alpha value is -3.01. The summed E-state index contributed by atoms with van der Waals surface area (Å²) in [5.41, 5.74) is 2.40. The average Bonchev–Trinajstić information content (AvgIpc) is 2.72. The van der Waals surface area contributed by atoms with Gasteiger partial charge in [0.25, 0.3) is 0 Å². The number of anilines is 1. The van der Waals surface area contributed by atoms with Crippen LogP contribution in [-0.2, 0) is 0 Å². The molecule has 1 N–H and O–H groups in total. The predicted octanol–water partition coefficient (Wildman–Crippen LogP) is 5.21. The van der Waals surface area contributed by atoms with Crippen LogP contribution < -0.4 is 10.2 Å². The number of carbonyl (C=O) groups excluding carboxylic acids is 1. The summed E-state index contributed by atoms with van der Waals surface area (Å²) in [6.45, 7) is 6.80. The molecule has 1 atom stereocenters. The van der Waals surface area contributed by atoms with Crippen molar-refractivity contribution in [1.29, 1.82) is 0 Å². The lowest BCUT2D eigenvalue weighted by atomic mass is 9.99. The first-order valence-corrected chi connectivity index (χ1v) is 10.5. The Morgan fingerprint density at radius 3 is 2.48 bits per heavy atom. The highest BCUT2D eigenvalue weighted by Gasteiger charge is 2.35. The molecule has 4 rings (SSSR count). The molecule has 1 fully saturated rings. The van der Waals surface area contributed by atoms with Crippen LogP contribution in [-0.4, -0.2) is 36.6 Å². The molecule has 1 unspecified atom stereocenters. The van der Waals surface area contributed by atoms with Crippen LogP contribution >= 0.6 is 0 Å². The second-order valence-electron chi connectivity index (χ2n) is 7.83. The third-order valence-corrected chi connectivity index (χ3v) is 5.77. The van der Waals surface area contributed by atoms with Gasteiger partial charge in [0.2, 0.25) is 0 Å². The minimum Gasteiger partial charge on any atom is -0.365 e. The smallest absolute Gasteiger partial charge is 0.318 e. The van der Waals surface area contributed by atoms with Crippen LogP contribution in [0.4, 0.5) is 10.5 Å². The second-order valence-corrected chi connectivity index (χ2v) is 7.83. The number of hydrogen-bond donors (Lipinski definition) is 1. The number of likely N-dealkylation sites (tertiary alicyclic amines) is 1. The van der Waals surface area contributed by atoms with Crippen molar-refractivity contribution in [2.75, 3.05) is 24.5 Å². The van der Waals surface area contributed by atoms with Gasteiger partial charge in [-0.1, -0.05) is 67.6 Å². The van der Waals surface area contributed by atoms with Gasteiger partial charge in [0.05, 0.1) is 12.1 Å². The van der Waals surface area contributed by atoms with Gasteiger partial charge in [0, 0.05) is 25.3 Å². The molecule has 0 radical (unpaired) electrons. The van der Waals surface area contributed by atoms with E-state index in [0.29, 0.717) is 6.04 Å². The molecule has 0 aliphatic carbocycles. The number of fused-ring (bicyclic) bond motifs is 1. The molecule has 0 aromatic heterocycles. The summed E-state index contributed by atoms with van der Waals surface area (Å²) < 4.78 is 0. The van der Waals surface area contributed by atoms with Crippen LogP contribution in [0.1, 0.15) is 31.9 Å². The van der Waals surface area contributed by atoms with Crippen molar-refractivity contribution in [1.82, 2.24) is 10.2 Å². The van der Waals surface area contributed by atoms with Crippen molar-refractivity contribution in [2.24, 2.45) is 0 Å². The van der Waals surface area contributed by atoms with E-state index < -0.39 is 0 Å². The number of hydrogen-bond acceptors (Lipinski definition) is 2. The van der Waals surface area contributed by atoms with Gasteiger partial charge in [0.15, 0.2) is 0 Å². The third-order valence-electron chi connectivity index (χ3n) is 5.77. The van der Waals surface area contributed by atoms with Crippen molar-refractivity contribution in [2.45, 2.75) is 32.4 Å². The molecule has 0 spiro atoms. The maximum absolute atomic E-state index is 12.8. The van der Waals surface area contributed by atoms with Crippen molar-refractivity contribution in [3.05, 3.63) is 78.4 Å². The third kappa shape index (κ3) is 4.07. The molecule has 150 valence electrons. The van der Waals surface area contributed by atoms with E-state index in [2.05, 4.69) is 78.7 Å². The van der Waals surface area contributed by atoms with E-state index in [-0.39, 0.29) is 12.1 Å².